The summed E-state index contributed by atoms with van der Waals surface area (Å²) >= 11 is 5.56. The first-order chi connectivity index (χ1) is 13.8. The Morgan fingerprint density at radius 3 is 2.24 bits per heavy atom. The molecule has 0 fully saturated rings. The Morgan fingerprint density at radius 2 is 1.69 bits per heavy atom. The molecular weight excluding hydrogens is 388 g/mol. The first-order valence-corrected chi connectivity index (χ1v) is 9.23. The number of carboxylic acid groups (broad SMARTS) is 1. The highest BCUT2D eigenvalue weighted by molar-refractivity contribution is 6.30. The predicted octanol–water partition coefficient (Wildman–Crippen LogP) is 4.92. The summed E-state index contributed by atoms with van der Waals surface area (Å²) in [6.07, 6.45) is 0. The number of rotatable bonds is 3. The molecule has 0 atom stereocenters. The zero-order chi connectivity index (χ0) is 21.0. The van der Waals surface area contributed by atoms with Crippen molar-refractivity contribution in [3.05, 3.63) is 77.3 Å². The number of aromatic carboxylic acids is 1. The molecule has 4 N–H and O–H groups in total. The van der Waals surface area contributed by atoms with Crippen LogP contribution < -0.4 is 10.6 Å². The van der Waals surface area contributed by atoms with E-state index in [0.717, 1.165) is 38.8 Å². The monoisotopic (exact) mass is 408 g/mol. The van der Waals surface area contributed by atoms with E-state index in [0.29, 0.717) is 0 Å². The van der Waals surface area contributed by atoms with E-state index in [2.05, 4.69) is 9.97 Å². The summed E-state index contributed by atoms with van der Waals surface area (Å²) in [5, 5.41) is 9.73. The van der Waals surface area contributed by atoms with Crippen LogP contribution in [-0.2, 0) is 0 Å². The van der Waals surface area contributed by atoms with Gasteiger partial charge < -0.3 is 20.7 Å². The molecule has 1 aromatic heterocycles. The van der Waals surface area contributed by atoms with E-state index in [1.165, 1.54) is 0 Å². The molecule has 4 rings (SSSR count). The van der Waals surface area contributed by atoms with E-state index in [1.807, 2.05) is 43.3 Å². The fraction of sp³-hybridized carbons (Fsp3) is 0.0909. The van der Waals surface area contributed by atoms with Crippen molar-refractivity contribution >= 4 is 40.0 Å². The summed E-state index contributed by atoms with van der Waals surface area (Å²) in [7, 11) is 3.98. The number of imidazole rings is 1. The minimum absolute atomic E-state index is 0.251. The van der Waals surface area contributed by atoms with Crippen LogP contribution in [0.2, 0.25) is 5.02 Å². The number of halogens is 1. The highest BCUT2D eigenvalue weighted by Crippen LogP contribution is 2.23. The van der Waals surface area contributed by atoms with Crippen molar-refractivity contribution in [2.24, 2.45) is 0 Å². The molecule has 0 saturated heterocycles. The Labute approximate surface area is 173 Å². The zero-order valence-electron chi connectivity index (χ0n) is 16.1. The topological polar surface area (TPSA) is 95.2 Å². The highest BCUT2D eigenvalue weighted by atomic mass is 35.5. The van der Waals surface area contributed by atoms with Crippen molar-refractivity contribution in [3.63, 3.8) is 0 Å². The largest absolute Gasteiger partial charge is 0.478 e. The second kappa shape index (κ2) is 8.67. The van der Waals surface area contributed by atoms with Crippen molar-refractivity contribution in [2.75, 3.05) is 24.7 Å². The standard InChI is InChI=1S/C16H15N3O2.C6H6ClN/c1-19(2)12-6-3-10(4-7-12)15-17-13-8-5-11(16(20)21)9-14(13)18-15;7-5-1-3-6(8)4-2-5/h3-9H,1-2H3,(H,17,18)(H,20,21);1-4H,8H2. The number of H-pyrrole nitrogens is 1. The van der Waals surface area contributed by atoms with Crippen LogP contribution in [0, 0.1) is 0 Å². The molecule has 0 aliphatic heterocycles. The molecule has 29 heavy (non-hydrogen) atoms. The van der Waals surface area contributed by atoms with Gasteiger partial charge >= 0.3 is 5.97 Å². The molecule has 0 amide bonds. The van der Waals surface area contributed by atoms with Gasteiger partial charge in [0.2, 0.25) is 0 Å². The quantitative estimate of drug-likeness (QED) is 0.418. The summed E-state index contributed by atoms with van der Waals surface area (Å²) < 4.78 is 0. The first-order valence-electron chi connectivity index (χ1n) is 8.85. The molecular formula is C22H21ClN4O2. The molecule has 1 heterocycles. The molecule has 3 aromatic carbocycles. The number of carboxylic acids is 1. The first kappa shape index (κ1) is 20.2. The van der Waals surface area contributed by atoms with E-state index in [-0.39, 0.29) is 5.56 Å². The van der Waals surface area contributed by atoms with E-state index < -0.39 is 5.97 Å². The van der Waals surface area contributed by atoms with Crippen LogP contribution in [0.4, 0.5) is 11.4 Å². The summed E-state index contributed by atoms with van der Waals surface area (Å²) in [5.74, 6) is -0.207. The fourth-order valence-corrected chi connectivity index (χ4v) is 2.79. The summed E-state index contributed by atoms with van der Waals surface area (Å²) in [6.45, 7) is 0. The third-order valence-electron chi connectivity index (χ3n) is 4.26. The maximum absolute atomic E-state index is 11.0. The maximum atomic E-state index is 11.0. The van der Waals surface area contributed by atoms with Gasteiger partial charge in [-0.05, 0) is 66.7 Å². The number of carbonyl (C=O) groups is 1. The smallest absolute Gasteiger partial charge is 0.335 e. The van der Waals surface area contributed by atoms with Gasteiger partial charge in [-0.3, -0.25) is 0 Å². The van der Waals surface area contributed by atoms with Crippen molar-refractivity contribution in [1.82, 2.24) is 9.97 Å². The Morgan fingerprint density at radius 1 is 1.03 bits per heavy atom. The fourth-order valence-electron chi connectivity index (χ4n) is 2.66. The second-order valence-corrected chi connectivity index (χ2v) is 7.05. The van der Waals surface area contributed by atoms with Gasteiger partial charge in [0, 0.05) is 36.1 Å². The van der Waals surface area contributed by atoms with Crippen LogP contribution >= 0.6 is 11.6 Å². The lowest BCUT2D eigenvalue weighted by Crippen LogP contribution is -2.07. The Hall–Kier alpha value is -3.51. The number of nitrogens with one attached hydrogen (secondary N) is 1. The number of nitrogen functional groups attached to an aromatic ring is 1. The van der Waals surface area contributed by atoms with Crippen LogP contribution in [0.15, 0.2) is 66.7 Å². The number of fused-ring (bicyclic) bond motifs is 1. The number of aromatic nitrogens is 2. The van der Waals surface area contributed by atoms with Crippen molar-refractivity contribution in [2.45, 2.75) is 0 Å². The molecule has 0 bridgehead atoms. The Balaban J connectivity index is 0.000000252. The van der Waals surface area contributed by atoms with Crippen LogP contribution in [0.1, 0.15) is 10.4 Å². The normalized spacial score (nSPS) is 10.3. The van der Waals surface area contributed by atoms with Gasteiger partial charge in [-0.1, -0.05) is 11.6 Å². The number of aromatic amines is 1. The zero-order valence-corrected chi connectivity index (χ0v) is 16.8. The summed E-state index contributed by atoms with van der Waals surface area (Å²) in [4.78, 5) is 20.7. The van der Waals surface area contributed by atoms with Crippen molar-refractivity contribution in [3.8, 4) is 11.4 Å². The number of nitrogens with two attached hydrogens (primary N) is 1. The molecule has 4 aromatic rings. The summed E-state index contributed by atoms with van der Waals surface area (Å²) in [5.41, 5.74) is 9.92. The number of benzene rings is 3. The van der Waals surface area contributed by atoms with Gasteiger partial charge in [-0.25, -0.2) is 9.78 Å². The lowest BCUT2D eigenvalue weighted by Gasteiger charge is -2.11. The van der Waals surface area contributed by atoms with Crippen LogP contribution in [-0.4, -0.2) is 35.1 Å². The second-order valence-electron chi connectivity index (χ2n) is 6.62. The SMILES string of the molecule is CN(C)c1ccc(-c2nc3ccc(C(=O)O)cc3[nH]2)cc1.Nc1ccc(Cl)cc1. The molecule has 0 saturated carbocycles. The molecule has 6 nitrogen and oxygen atoms in total. The van der Waals surface area contributed by atoms with E-state index in [9.17, 15) is 4.79 Å². The molecule has 0 unspecified atom stereocenters. The van der Waals surface area contributed by atoms with E-state index >= 15 is 0 Å². The molecule has 0 aliphatic rings. The van der Waals surface area contributed by atoms with E-state index in [1.54, 1.807) is 42.5 Å². The molecule has 148 valence electrons. The van der Waals surface area contributed by atoms with Crippen LogP contribution in [0.3, 0.4) is 0 Å². The average molecular weight is 409 g/mol. The minimum Gasteiger partial charge on any atom is -0.478 e. The number of nitrogens with zero attached hydrogens (tertiary/aromatic N) is 2. The van der Waals surface area contributed by atoms with Gasteiger partial charge in [-0.2, -0.15) is 0 Å². The van der Waals surface area contributed by atoms with Crippen molar-refractivity contribution < 1.29 is 9.90 Å². The van der Waals surface area contributed by atoms with E-state index in [4.69, 9.17) is 22.4 Å². The average Bonchev–Trinajstić information content (AvgIpc) is 3.14. The van der Waals surface area contributed by atoms with Gasteiger partial charge in [-0.15, -0.1) is 0 Å². The lowest BCUT2D eigenvalue weighted by atomic mass is 10.2. The third-order valence-corrected chi connectivity index (χ3v) is 4.51. The highest BCUT2D eigenvalue weighted by Gasteiger charge is 2.09. The molecule has 0 aliphatic carbocycles. The number of hydrogen-bond acceptors (Lipinski definition) is 4. The Kier molecular flexibility index (Phi) is 6.04. The maximum Gasteiger partial charge on any atom is 0.335 e. The summed E-state index contributed by atoms with van der Waals surface area (Å²) in [6, 6.07) is 19.9. The molecule has 0 spiro atoms. The van der Waals surface area contributed by atoms with Crippen molar-refractivity contribution in [1.29, 1.82) is 0 Å². The number of anilines is 2. The number of hydrogen-bond donors (Lipinski definition) is 3. The third kappa shape index (κ3) is 5.06. The van der Waals surface area contributed by atoms with Gasteiger partial charge in [0.25, 0.3) is 0 Å². The lowest BCUT2D eigenvalue weighted by molar-refractivity contribution is 0.0697. The van der Waals surface area contributed by atoms with Crippen LogP contribution in [0.5, 0.6) is 0 Å². The minimum atomic E-state index is -0.941. The van der Waals surface area contributed by atoms with Gasteiger partial charge in [0.15, 0.2) is 0 Å². The predicted molar refractivity (Wildman–Crippen MR) is 119 cm³/mol. The Bertz CT molecular complexity index is 1100. The van der Waals surface area contributed by atoms with Gasteiger partial charge in [0.1, 0.15) is 5.82 Å². The molecule has 7 heteroatoms. The van der Waals surface area contributed by atoms with Crippen LogP contribution in [0.25, 0.3) is 22.4 Å². The molecule has 0 radical (unpaired) electrons. The van der Waals surface area contributed by atoms with Gasteiger partial charge in [0.05, 0.1) is 16.6 Å².